The first kappa shape index (κ1) is 18.5. The quantitative estimate of drug-likeness (QED) is 0.459. The van der Waals surface area contributed by atoms with Gasteiger partial charge in [0.2, 0.25) is 0 Å². The van der Waals surface area contributed by atoms with E-state index >= 15 is 0 Å². The van der Waals surface area contributed by atoms with Crippen LogP contribution in [-0.2, 0) is 0 Å². The molecule has 0 spiro atoms. The Bertz CT molecular complexity index is 956. The molecule has 5 nitrogen and oxygen atoms in total. The summed E-state index contributed by atoms with van der Waals surface area (Å²) in [6.07, 6.45) is -1.82. The average Bonchev–Trinajstić information content (AvgIpc) is 3.01. The van der Waals surface area contributed by atoms with Crippen LogP contribution in [0.2, 0.25) is 0 Å². The molecule has 0 aliphatic rings. The number of aliphatic hydroxyl groups excluding tert-OH is 1. The van der Waals surface area contributed by atoms with Crippen LogP contribution in [0.4, 0.5) is 10.1 Å². The van der Waals surface area contributed by atoms with Gasteiger partial charge in [-0.1, -0.05) is 28.1 Å². The number of phenolic OH excluding ortho intramolecular Hbond substituents is 1. The van der Waals surface area contributed by atoms with Gasteiger partial charge >= 0.3 is 0 Å². The number of carbonyl (C=O) groups is 1. The van der Waals surface area contributed by atoms with E-state index in [-0.39, 0.29) is 22.6 Å². The molecule has 3 rings (SSSR count). The summed E-state index contributed by atoms with van der Waals surface area (Å²) < 4.78 is 14.2. The van der Waals surface area contributed by atoms with Gasteiger partial charge in [0, 0.05) is 20.3 Å². The standard InChI is InChI=1S/C18H13BrFNO4S/c19-10-3-1-9(2-4-10)16-15(18(24)25)13(8-26-16)21-17(23)12-7-11(20)5-6-14(12)22/h1-8,18,22,24-25H,(H,21,23). The van der Waals surface area contributed by atoms with E-state index in [4.69, 9.17) is 0 Å². The Labute approximate surface area is 160 Å². The van der Waals surface area contributed by atoms with E-state index in [1.54, 1.807) is 17.5 Å². The van der Waals surface area contributed by atoms with E-state index in [1.807, 2.05) is 12.1 Å². The lowest BCUT2D eigenvalue weighted by Gasteiger charge is -2.11. The molecule has 26 heavy (non-hydrogen) atoms. The Kier molecular flexibility index (Phi) is 5.38. The van der Waals surface area contributed by atoms with E-state index in [0.717, 1.165) is 28.2 Å². The zero-order valence-corrected chi connectivity index (χ0v) is 15.5. The Hall–Kier alpha value is -2.26. The molecule has 0 saturated carbocycles. The van der Waals surface area contributed by atoms with Gasteiger partial charge in [-0.3, -0.25) is 4.79 Å². The average molecular weight is 438 g/mol. The molecule has 0 radical (unpaired) electrons. The fourth-order valence-electron chi connectivity index (χ4n) is 2.42. The van der Waals surface area contributed by atoms with E-state index < -0.39 is 18.0 Å². The predicted octanol–water partition coefficient (Wildman–Crippen LogP) is 4.26. The summed E-state index contributed by atoms with van der Waals surface area (Å²) in [7, 11) is 0. The van der Waals surface area contributed by atoms with Crippen LogP contribution in [-0.4, -0.2) is 21.2 Å². The summed E-state index contributed by atoms with van der Waals surface area (Å²) in [5, 5.41) is 33.3. The molecule has 4 N–H and O–H groups in total. The van der Waals surface area contributed by atoms with Gasteiger partial charge in [0.1, 0.15) is 11.6 Å². The molecule has 2 aromatic carbocycles. The van der Waals surface area contributed by atoms with Crippen molar-refractivity contribution in [2.75, 3.05) is 5.32 Å². The maximum absolute atomic E-state index is 13.3. The van der Waals surface area contributed by atoms with Crippen molar-refractivity contribution in [1.82, 2.24) is 0 Å². The van der Waals surface area contributed by atoms with Gasteiger partial charge in [-0.05, 0) is 35.9 Å². The van der Waals surface area contributed by atoms with Gasteiger partial charge in [-0.25, -0.2) is 4.39 Å². The van der Waals surface area contributed by atoms with Crippen LogP contribution in [0.3, 0.4) is 0 Å². The lowest BCUT2D eigenvalue weighted by molar-refractivity contribution is -0.0411. The second kappa shape index (κ2) is 7.55. The van der Waals surface area contributed by atoms with Crippen molar-refractivity contribution in [1.29, 1.82) is 0 Å². The van der Waals surface area contributed by atoms with E-state index in [1.165, 1.54) is 11.3 Å². The summed E-state index contributed by atoms with van der Waals surface area (Å²) in [6, 6.07) is 10.2. The fourth-order valence-corrected chi connectivity index (χ4v) is 3.73. The molecule has 0 aliphatic heterocycles. The number of amides is 1. The molecular formula is C18H13BrFNO4S. The fraction of sp³-hybridized carbons (Fsp3) is 0.0556. The highest BCUT2D eigenvalue weighted by Crippen LogP contribution is 2.40. The highest BCUT2D eigenvalue weighted by Gasteiger charge is 2.22. The number of nitrogens with one attached hydrogen (secondary N) is 1. The summed E-state index contributed by atoms with van der Waals surface area (Å²) in [6.45, 7) is 0. The van der Waals surface area contributed by atoms with Crippen molar-refractivity contribution in [2.45, 2.75) is 6.29 Å². The van der Waals surface area contributed by atoms with Crippen molar-refractivity contribution in [3.05, 3.63) is 69.3 Å². The maximum atomic E-state index is 13.3. The Morgan fingerprint density at radius 2 is 1.85 bits per heavy atom. The minimum Gasteiger partial charge on any atom is -0.507 e. The van der Waals surface area contributed by atoms with Crippen molar-refractivity contribution in [3.63, 3.8) is 0 Å². The number of phenols is 1. The van der Waals surface area contributed by atoms with Gasteiger partial charge in [0.15, 0.2) is 6.29 Å². The molecule has 0 unspecified atom stereocenters. The Balaban J connectivity index is 1.97. The summed E-state index contributed by atoms with van der Waals surface area (Å²) in [4.78, 5) is 12.9. The minimum atomic E-state index is -1.82. The van der Waals surface area contributed by atoms with Crippen LogP contribution >= 0.6 is 27.3 Å². The molecule has 0 aliphatic carbocycles. The van der Waals surface area contributed by atoms with Crippen molar-refractivity contribution in [2.24, 2.45) is 0 Å². The van der Waals surface area contributed by atoms with Crippen LogP contribution in [0.15, 0.2) is 52.3 Å². The minimum absolute atomic E-state index is 0.126. The van der Waals surface area contributed by atoms with E-state index in [2.05, 4.69) is 21.2 Å². The molecule has 0 fully saturated rings. The van der Waals surface area contributed by atoms with Crippen molar-refractivity contribution >= 4 is 38.9 Å². The smallest absolute Gasteiger partial charge is 0.259 e. The molecule has 134 valence electrons. The van der Waals surface area contributed by atoms with Crippen LogP contribution in [0.5, 0.6) is 5.75 Å². The van der Waals surface area contributed by atoms with Gasteiger partial charge in [-0.2, -0.15) is 0 Å². The molecular weight excluding hydrogens is 425 g/mol. The zero-order valence-electron chi connectivity index (χ0n) is 13.1. The molecule has 1 aromatic heterocycles. The Morgan fingerprint density at radius 1 is 1.15 bits per heavy atom. The second-order valence-corrected chi connectivity index (χ2v) is 7.18. The molecule has 0 atom stereocenters. The lowest BCUT2D eigenvalue weighted by Crippen LogP contribution is -2.14. The van der Waals surface area contributed by atoms with Gasteiger partial charge in [-0.15, -0.1) is 11.3 Å². The SMILES string of the molecule is O=C(Nc1csc(-c2ccc(Br)cc2)c1C(O)O)c1cc(F)ccc1O. The summed E-state index contributed by atoms with van der Waals surface area (Å²) in [5.74, 6) is -1.81. The third-order valence-electron chi connectivity index (χ3n) is 3.65. The number of rotatable bonds is 4. The van der Waals surface area contributed by atoms with Crippen LogP contribution in [0.25, 0.3) is 10.4 Å². The number of hydrogen-bond donors (Lipinski definition) is 4. The predicted molar refractivity (Wildman–Crippen MR) is 101 cm³/mol. The largest absolute Gasteiger partial charge is 0.507 e. The molecule has 8 heteroatoms. The highest BCUT2D eigenvalue weighted by atomic mass is 79.9. The molecule has 0 saturated heterocycles. The number of aromatic hydroxyl groups is 1. The topological polar surface area (TPSA) is 89.8 Å². The van der Waals surface area contributed by atoms with Gasteiger partial charge in [0.05, 0.1) is 11.3 Å². The second-order valence-electron chi connectivity index (χ2n) is 5.39. The number of halogens is 2. The monoisotopic (exact) mass is 437 g/mol. The normalized spacial score (nSPS) is 11.0. The van der Waals surface area contributed by atoms with Crippen LogP contribution in [0.1, 0.15) is 22.2 Å². The van der Waals surface area contributed by atoms with Crippen molar-refractivity contribution < 1.29 is 24.5 Å². The molecule has 3 aromatic rings. The molecule has 1 heterocycles. The Morgan fingerprint density at radius 3 is 2.50 bits per heavy atom. The summed E-state index contributed by atoms with van der Waals surface area (Å²) >= 11 is 4.56. The first-order chi connectivity index (χ1) is 12.4. The van der Waals surface area contributed by atoms with Gasteiger partial charge < -0.3 is 20.6 Å². The van der Waals surface area contributed by atoms with Gasteiger partial charge in [0.25, 0.3) is 5.91 Å². The maximum Gasteiger partial charge on any atom is 0.259 e. The first-order valence-corrected chi connectivity index (χ1v) is 9.07. The van der Waals surface area contributed by atoms with Crippen LogP contribution < -0.4 is 5.32 Å². The number of aliphatic hydroxyl groups is 2. The number of benzene rings is 2. The number of anilines is 1. The third-order valence-corrected chi connectivity index (χ3v) is 5.22. The number of thiophene rings is 1. The van der Waals surface area contributed by atoms with E-state index in [9.17, 15) is 24.5 Å². The number of hydrogen-bond acceptors (Lipinski definition) is 5. The van der Waals surface area contributed by atoms with Crippen molar-refractivity contribution in [3.8, 4) is 16.2 Å². The lowest BCUT2D eigenvalue weighted by atomic mass is 10.1. The van der Waals surface area contributed by atoms with E-state index in [0.29, 0.717) is 4.88 Å². The zero-order chi connectivity index (χ0) is 18.8. The molecule has 1 amide bonds. The summed E-state index contributed by atoms with van der Waals surface area (Å²) in [5.41, 5.74) is 0.799. The third kappa shape index (κ3) is 3.78. The highest BCUT2D eigenvalue weighted by molar-refractivity contribution is 9.10. The first-order valence-electron chi connectivity index (χ1n) is 7.40. The number of carbonyl (C=O) groups excluding carboxylic acids is 1. The molecule has 0 bridgehead atoms. The van der Waals surface area contributed by atoms with Crippen LogP contribution in [0, 0.1) is 5.82 Å².